The number of aromatic amines is 1. The van der Waals surface area contributed by atoms with Gasteiger partial charge in [-0.1, -0.05) is 42.5 Å². The number of benzene rings is 3. The van der Waals surface area contributed by atoms with E-state index in [1.54, 1.807) is 0 Å². The van der Waals surface area contributed by atoms with E-state index < -0.39 is 0 Å². The van der Waals surface area contributed by atoms with Gasteiger partial charge in [-0.25, -0.2) is 0 Å². The van der Waals surface area contributed by atoms with Crippen molar-refractivity contribution < 1.29 is 0 Å². The predicted octanol–water partition coefficient (Wildman–Crippen LogP) is 5.59. The monoisotopic (exact) mass is 369 g/mol. The minimum absolute atomic E-state index is 1.19. The molecule has 1 N–H and O–H groups in total. The Morgan fingerprint density at radius 3 is 2.30 bits per heavy atom. The lowest BCUT2D eigenvalue weighted by Crippen LogP contribution is -1.80. The first kappa shape index (κ1) is 12.0. The van der Waals surface area contributed by atoms with Crippen LogP contribution in [0.5, 0.6) is 0 Å². The highest BCUT2D eigenvalue weighted by atomic mass is 127. The second kappa shape index (κ2) is 4.63. The van der Waals surface area contributed by atoms with Crippen LogP contribution in [0.1, 0.15) is 0 Å². The van der Waals surface area contributed by atoms with Gasteiger partial charge in [0.05, 0.1) is 0 Å². The van der Waals surface area contributed by atoms with Crippen LogP contribution in [0.25, 0.3) is 32.9 Å². The van der Waals surface area contributed by atoms with Crippen LogP contribution in [0.2, 0.25) is 0 Å². The first-order valence-corrected chi connectivity index (χ1v) is 7.66. The molecule has 2 heteroatoms. The van der Waals surface area contributed by atoms with Crippen molar-refractivity contribution in [3.8, 4) is 11.1 Å². The highest BCUT2D eigenvalue weighted by molar-refractivity contribution is 14.1. The van der Waals surface area contributed by atoms with Gasteiger partial charge in [-0.05, 0) is 58.0 Å². The van der Waals surface area contributed by atoms with Crippen LogP contribution in [-0.4, -0.2) is 4.98 Å². The minimum Gasteiger partial charge on any atom is -0.354 e. The van der Waals surface area contributed by atoms with Crippen molar-refractivity contribution in [3.63, 3.8) is 0 Å². The first-order chi connectivity index (χ1) is 9.83. The number of fused-ring (bicyclic) bond motifs is 3. The molecule has 96 valence electrons. The van der Waals surface area contributed by atoms with Crippen molar-refractivity contribution in [2.24, 2.45) is 0 Å². The van der Waals surface area contributed by atoms with E-state index in [2.05, 4.69) is 94.3 Å². The molecule has 3 aromatic carbocycles. The molecule has 0 unspecified atom stereocenters. The van der Waals surface area contributed by atoms with Gasteiger partial charge in [-0.2, -0.15) is 0 Å². The zero-order valence-electron chi connectivity index (χ0n) is 10.7. The van der Waals surface area contributed by atoms with Gasteiger partial charge < -0.3 is 4.98 Å². The summed E-state index contributed by atoms with van der Waals surface area (Å²) >= 11 is 2.34. The van der Waals surface area contributed by atoms with E-state index in [1.807, 2.05) is 0 Å². The Labute approximate surface area is 130 Å². The molecule has 0 spiro atoms. The van der Waals surface area contributed by atoms with Crippen LogP contribution >= 0.6 is 22.6 Å². The summed E-state index contributed by atoms with van der Waals surface area (Å²) in [5.41, 5.74) is 4.94. The maximum Gasteiger partial charge on any atom is 0.0471 e. The van der Waals surface area contributed by atoms with E-state index >= 15 is 0 Å². The van der Waals surface area contributed by atoms with Crippen LogP contribution in [0.4, 0.5) is 0 Å². The molecule has 0 bridgehead atoms. The van der Waals surface area contributed by atoms with Crippen molar-refractivity contribution in [1.82, 2.24) is 4.98 Å². The molecule has 4 rings (SSSR count). The third kappa shape index (κ3) is 1.83. The van der Waals surface area contributed by atoms with Gasteiger partial charge in [-0.3, -0.25) is 0 Å². The summed E-state index contributed by atoms with van der Waals surface area (Å²) in [7, 11) is 0. The molecule has 0 saturated carbocycles. The Kier molecular flexibility index (Phi) is 2.77. The van der Waals surface area contributed by atoms with E-state index in [0.717, 1.165) is 0 Å². The average Bonchev–Trinajstić information content (AvgIpc) is 2.86. The van der Waals surface area contributed by atoms with Crippen molar-refractivity contribution in [3.05, 3.63) is 70.3 Å². The lowest BCUT2D eigenvalue weighted by Gasteiger charge is -2.04. The maximum atomic E-state index is 3.50. The zero-order chi connectivity index (χ0) is 13.5. The number of hydrogen-bond acceptors (Lipinski definition) is 0. The molecule has 0 fully saturated rings. The number of halogens is 1. The summed E-state index contributed by atoms with van der Waals surface area (Å²) in [6.07, 6.45) is 0. The molecule has 1 aromatic heterocycles. The molecule has 0 amide bonds. The number of H-pyrrole nitrogens is 1. The fraction of sp³-hybridized carbons (Fsp3) is 0. The van der Waals surface area contributed by atoms with E-state index in [9.17, 15) is 0 Å². The standard InChI is InChI=1S/C18H12IN/c19-13-10-8-12(9-11-13)14-5-3-7-17-18(14)15-4-1-2-6-16(15)20-17/h1-11,20H. The highest BCUT2D eigenvalue weighted by Gasteiger charge is 2.09. The normalized spacial score (nSPS) is 11.2. The summed E-state index contributed by atoms with van der Waals surface area (Å²) in [6, 6.07) is 23.6. The number of para-hydroxylation sites is 1. The van der Waals surface area contributed by atoms with E-state index in [-0.39, 0.29) is 0 Å². The van der Waals surface area contributed by atoms with Gasteiger partial charge in [0.25, 0.3) is 0 Å². The molecule has 1 heterocycles. The van der Waals surface area contributed by atoms with E-state index in [0.29, 0.717) is 0 Å². The van der Waals surface area contributed by atoms with Gasteiger partial charge in [0.2, 0.25) is 0 Å². The van der Waals surface area contributed by atoms with Gasteiger partial charge in [0, 0.05) is 25.4 Å². The third-order valence-corrected chi connectivity index (χ3v) is 4.40. The Morgan fingerprint density at radius 1 is 0.700 bits per heavy atom. The average molecular weight is 369 g/mol. The smallest absolute Gasteiger partial charge is 0.0471 e. The number of aromatic nitrogens is 1. The molecular weight excluding hydrogens is 357 g/mol. The van der Waals surface area contributed by atoms with Gasteiger partial charge in [-0.15, -0.1) is 0 Å². The van der Waals surface area contributed by atoms with Gasteiger partial charge >= 0.3 is 0 Å². The minimum atomic E-state index is 1.19. The van der Waals surface area contributed by atoms with Crippen LogP contribution < -0.4 is 0 Å². The van der Waals surface area contributed by atoms with Crippen molar-refractivity contribution in [2.75, 3.05) is 0 Å². The van der Waals surface area contributed by atoms with Crippen molar-refractivity contribution in [1.29, 1.82) is 0 Å². The molecule has 4 aromatic rings. The fourth-order valence-electron chi connectivity index (χ4n) is 2.77. The lowest BCUT2D eigenvalue weighted by molar-refractivity contribution is 1.54. The summed E-state index contributed by atoms with van der Waals surface area (Å²) in [5.74, 6) is 0. The van der Waals surface area contributed by atoms with E-state index in [4.69, 9.17) is 0 Å². The Hall–Kier alpha value is -1.81. The highest BCUT2D eigenvalue weighted by Crippen LogP contribution is 2.34. The number of rotatable bonds is 1. The Balaban J connectivity index is 2.11. The van der Waals surface area contributed by atoms with Gasteiger partial charge in [0.15, 0.2) is 0 Å². The van der Waals surface area contributed by atoms with Crippen LogP contribution in [-0.2, 0) is 0 Å². The fourth-order valence-corrected chi connectivity index (χ4v) is 3.13. The molecule has 20 heavy (non-hydrogen) atoms. The second-order valence-corrected chi connectivity index (χ2v) is 6.15. The Bertz CT molecular complexity index is 904. The lowest BCUT2D eigenvalue weighted by atomic mass is 10.00. The topological polar surface area (TPSA) is 15.8 Å². The predicted molar refractivity (Wildman–Crippen MR) is 94.0 cm³/mol. The molecular formula is C18H12IN. The first-order valence-electron chi connectivity index (χ1n) is 6.58. The summed E-state index contributed by atoms with van der Waals surface area (Å²) < 4.78 is 1.26. The Morgan fingerprint density at radius 2 is 1.45 bits per heavy atom. The molecule has 0 atom stereocenters. The molecule has 0 aliphatic carbocycles. The van der Waals surface area contributed by atoms with Crippen LogP contribution in [0.15, 0.2) is 66.7 Å². The second-order valence-electron chi connectivity index (χ2n) is 4.91. The van der Waals surface area contributed by atoms with Gasteiger partial charge in [0.1, 0.15) is 0 Å². The molecule has 0 aliphatic heterocycles. The third-order valence-electron chi connectivity index (χ3n) is 3.69. The summed E-state index contributed by atoms with van der Waals surface area (Å²) in [4.78, 5) is 3.50. The van der Waals surface area contributed by atoms with Crippen molar-refractivity contribution >= 4 is 44.4 Å². The molecule has 0 saturated heterocycles. The SMILES string of the molecule is Ic1ccc(-c2cccc3[nH]c4ccccc4c23)cc1. The quantitative estimate of drug-likeness (QED) is 0.421. The largest absolute Gasteiger partial charge is 0.354 e. The zero-order valence-corrected chi connectivity index (χ0v) is 12.9. The van der Waals surface area contributed by atoms with Crippen molar-refractivity contribution in [2.45, 2.75) is 0 Å². The number of hydrogen-bond donors (Lipinski definition) is 1. The van der Waals surface area contributed by atoms with Crippen LogP contribution in [0, 0.1) is 3.57 Å². The molecule has 0 aliphatic rings. The summed E-state index contributed by atoms with van der Waals surface area (Å²) in [5, 5.41) is 2.60. The summed E-state index contributed by atoms with van der Waals surface area (Å²) in [6.45, 7) is 0. The molecule has 0 radical (unpaired) electrons. The molecule has 1 nitrogen and oxygen atoms in total. The van der Waals surface area contributed by atoms with Crippen LogP contribution in [0.3, 0.4) is 0 Å². The van der Waals surface area contributed by atoms with E-state index in [1.165, 1.54) is 36.5 Å². The number of nitrogens with one attached hydrogen (secondary N) is 1. The maximum absolute atomic E-state index is 3.50.